The minimum Gasteiger partial charge on any atom is -0.324 e. The van der Waals surface area contributed by atoms with E-state index in [0.29, 0.717) is 11.6 Å². The van der Waals surface area contributed by atoms with Crippen LogP contribution < -0.4 is 10.2 Å². The van der Waals surface area contributed by atoms with Gasteiger partial charge in [-0.1, -0.05) is 34.1 Å². The standard InChI is InChI=1S/C18H16BrN5O2/c1-12-16(24(25)26)17(23(2)15-6-4-3-5-7-15)22-18(20-12)21-14-10-8-13(19)9-11-14/h3-11H,1-2H3,(H,20,21,22). The highest BCUT2D eigenvalue weighted by Crippen LogP contribution is 2.33. The molecule has 2 aromatic carbocycles. The van der Waals surface area contributed by atoms with Gasteiger partial charge in [-0.05, 0) is 43.3 Å². The summed E-state index contributed by atoms with van der Waals surface area (Å²) >= 11 is 3.38. The van der Waals surface area contributed by atoms with E-state index in [9.17, 15) is 10.1 Å². The molecule has 0 spiro atoms. The number of halogens is 1. The predicted octanol–water partition coefficient (Wildman–Crippen LogP) is 4.97. The van der Waals surface area contributed by atoms with Crippen LogP contribution in [0.3, 0.4) is 0 Å². The van der Waals surface area contributed by atoms with Gasteiger partial charge >= 0.3 is 5.69 Å². The fourth-order valence-corrected chi connectivity index (χ4v) is 2.76. The SMILES string of the molecule is Cc1nc(Nc2ccc(Br)cc2)nc(N(C)c2ccccc2)c1[N+](=O)[O-]. The predicted molar refractivity (Wildman–Crippen MR) is 105 cm³/mol. The number of aryl methyl sites for hydroxylation is 1. The van der Waals surface area contributed by atoms with E-state index in [0.717, 1.165) is 15.8 Å². The molecule has 0 fully saturated rings. The zero-order valence-corrected chi connectivity index (χ0v) is 15.8. The Morgan fingerprint density at radius 3 is 2.35 bits per heavy atom. The summed E-state index contributed by atoms with van der Waals surface area (Å²) in [6.45, 7) is 1.61. The van der Waals surface area contributed by atoms with E-state index in [1.165, 1.54) is 0 Å². The van der Waals surface area contributed by atoms with Crippen molar-refractivity contribution in [1.82, 2.24) is 9.97 Å². The van der Waals surface area contributed by atoms with E-state index in [2.05, 4.69) is 31.2 Å². The highest BCUT2D eigenvalue weighted by atomic mass is 79.9. The maximum atomic E-state index is 11.6. The molecule has 0 saturated heterocycles. The molecule has 0 aliphatic heterocycles. The quantitative estimate of drug-likeness (QED) is 0.469. The Hall–Kier alpha value is -3.00. The summed E-state index contributed by atoms with van der Waals surface area (Å²) in [7, 11) is 1.74. The number of nitrogens with zero attached hydrogens (tertiary/aromatic N) is 4. The van der Waals surface area contributed by atoms with Gasteiger partial charge in [-0.2, -0.15) is 4.98 Å². The zero-order valence-electron chi connectivity index (χ0n) is 14.2. The van der Waals surface area contributed by atoms with Gasteiger partial charge in [0.15, 0.2) is 0 Å². The molecule has 0 aliphatic rings. The number of aromatic nitrogens is 2. The van der Waals surface area contributed by atoms with Crippen LogP contribution in [0, 0.1) is 17.0 Å². The smallest absolute Gasteiger partial charge is 0.324 e. The van der Waals surface area contributed by atoms with Crippen LogP contribution in [0.5, 0.6) is 0 Å². The number of anilines is 4. The summed E-state index contributed by atoms with van der Waals surface area (Å²) in [5.74, 6) is 0.529. The van der Waals surface area contributed by atoms with E-state index in [-0.39, 0.29) is 11.5 Å². The van der Waals surface area contributed by atoms with Crippen molar-refractivity contribution < 1.29 is 4.92 Å². The maximum Gasteiger partial charge on any atom is 0.333 e. The lowest BCUT2D eigenvalue weighted by Gasteiger charge is -2.19. The van der Waals surface area contributed by atoms with Gasteiger partial charge in [0.25, 0.3) is 0 Å². The van der Waals surface area contributed by atoms with Crippen LogP contribution >= 0.6 is 15.9 Å². The largest absolute Gasteiger partial charge is 0.333 e. The lowest BCUT2D eigenvalue weighted by atomic mass is 10.2. The molecule has 1 N–H and O–H groups in total. The molecule has 3 aromatic rings. The molecule has 1 aromatic heterocycles. The molecule has 1 heterocycles. The molecule has 0 amide bonds. The van der Waals surface area contributed by atoms with Gasteiger partial charge in [-0.15, -0.1) is 0 Å². The fraction of sp³-hybridized carbons (Fsp3) is 0.111. The number of benzene rings is 2. The summed E-state index contributed by atoms with van der Waals surface area (Å²) < 4.78 is 0.952. The van der Waals surface area contributed by atoms with Crippen LogP contribution in [0.25, 0.3) is 0 Å². The molecule has 26 heavy (non-hydrogen) atoms. The van der Waals surface area contributed by atoms with Crippen LogP contribution in [0.2, 0.25) is 0 Å². The third-order valence-corrected chi connectivity index (χ3v) is 4.31. The molecular formula is C18H16BrN5O2. The average Bonchev–Trinajstić information content (AvgIpc) is 2.63. The second-order valence-corrected chi connectivity index (χ2v) is 6.50. The first kappa shape index (κ1) is 17.8. The Kier molecular flexibility index (Phi) is 5.13. The molecule has 0 atom stereocenters. The minimum absolute atomic E-state index is 0.113. The van der Waals surface area contributed by atoms with E-state index >= 15 is 0 Å². The van der Waals surface area contributed by atoms with Crippen molar-refractivity contribution in [2.24, 2.45) is 0 Å². The van der Waals surface area contributed by atoms with Crippen molar-refractivity contribution in [3.63, 3.8) is 0 Å². The van der Waals surface area contributed by atoms with Crippen LogP contribution in [-0.2, 0) is 0 Å². The van der Waals surface area contributed by atoms with Gasteiger partial charge < -0.3 is 10.2 Å². The van der Waals surface area contributed by atoms with Gasteiger partial charge in [0.2, 0.25) is 11.8 Å². The summed E-state index contributed by atoms with van der Waals surface area (Å²) in [5, 5.41) is 14.7. The summed E-state index contributed by atoms with van der Waals surface area (Å²) in [6, 6.07) is 16.9. The number of rotatable bonds is 5. The maximum absolute atomic E-state index is 11.6. The van der Waals surface area contributed by atoms with Crippen molar-refractivity contribution in [2.75, 3.05) is 17.3 Å². The van der Waals surface area contributed by atoms with Crippen LogP contribution in [-0.4, -0.2) is 21.9 Å². The number of hydrogen-bond donors (Lipinski definition) is 1. The lowest BCUT2D eigenvalue weighted by Crippen LogP contribution is -2.16. The van der Waals surface area contributed by atoms with Crippen molar-refractivity contribution in [3.05, 3.63) is 74.9 Å². The van der Waals surface area contributed by atoms with E-state index in [4.69, 9.17) is 0 Å². The Morgan fingerprint density at radius 2 is 1.73 bits per heavy atom. The van der Waals surface area contributed by atoms with E-state index in [1.807, 2.05) is 54.6 Å². The Labute approximate surface area is 159 Å². The van der Waals surface area contributed by atoms with Crippen LogP contribution in [0.1, 0.15) is 5.69 Å². The van der Waals surface area contributed by atoms with Crippen molar-refractivity contribution >= 4 is 44.8 Å². The van der Waals surface area contributed by atoms with Gasteiger partial charge in [0, 0.05) is 22.9 Å². The van der Waals surface area contributed by atoms with Gasteiger partial charge in [-0.25, -0.2) is 4.98 Å². The number of nitrogens with one attached hydrogen (secondary N) is 1. The highest BCUT2D eigenvalue weighted by molar-refractivity contribution is 9.10. The number of nitro groups is 1. The van der Waals surface area contributed by atoms with Gasteiger partial charge in [-0.3, -0.25) is 10.1 Å². The normalized spacial score (nSPS) is 10.4. The molecule has 0 saturated carbocycles. The molecule has 0 bridgehead atoms. The first-order chi connectivity index (χ1) is 12.5. The second kappa shape index (κ2) is 7.49. The first-order valence-corrected chi connectivity index (χ1v) is 8.59. The van der Waals surface area contributed by atoms with Crippen molar-refractivity contribution in [3.8, 4) is 0 Å². The minimum atomic E-state index is -0.451. The highest BCUT2D eigenvalue weighted by Gasteiger charge is 2.25. The average molecular weight is 414 g/mol. The molecule has 132 valence electrons. The molecule has 3 rings (SSSR count). The third-order valence-electron chi connectivity index (χ3n) is 3.78. The van der Waals surface area contributed by atoms with Gasteiger partial charge in [0.05, 0.1) is 4.92 Å². The molecule has 0 radical (unpaired) electrons. The summed E-state index contributed by atoms with van der Waals surface area (Å²) in [6.07, 6.45) is 0. The van der Waals surface area contributed by atoms with Gasteiger partial charge in [0.1, 0.15) is 5.69 Å². The van der Waals surface area contributed by atoms with Crippen molar-refractivity contribution in [1.29, 1.82) is 0 Å². The molecule has 0 unspecified atom stereocenters. The zero-order chi connectivity index (χ0) is 18.7. The fourth-order valence-electron chi connectivity index (χ4n) is 2.49. The summed E-state index contributed by atoms with van der Waals surface area (Å²) in [4.78, 5) is 21.4. The van der Waals surface area contributed by atoms with Crippen molar-refractivity contribution in [2.45, 2.75) is 6.92 Å². The number of para-hydroxylation sites is 1. The third kappa shape index (κ3) is 3.80. The van der Waals surface area contributed by atoms with Crippen LogP contribution in [0.4, 0.5) is 28.8 Å². The first-order valence-electron chi connectivity index (χ1n) is 7.80. The Bertz CT molecular complexity index is 932. The molecule has 8 heteroatoms. The van der Waals surface area contributed by atoms with Crippen LogP contribution in [0.15, 0.2) is 59.1 Å². The second-order valence-electron chi connectivity index (χ2n) is 5.59. The number of hydrogen-bond acceptors (Lipinski definition) is 6. The molecule has 7 nitrogen and oxygen atoms in total. The topological polar surface area (TPSA) is 84.2 Å². The summed E-state index contributed by atoms with van der Waals surface area (Å²) in [5.41, 5.74) is 1.76. The van der Waals surface area contributed by atoms with E-state index < -0.39 is 4.92 Å². The lowest BCUT2D eigenvalue weighted by molar-refractivity contribution is -0.385. The molecule has 0 aliphatic carbocycles. The monoisotopic (exact) mass is 413 g/mol. The van der Waals surface area contributed by atoms with E-state index in [1.54, 1.807) is 18.9 Å². The Balaban J connectivity index is 2.04. The Morgan fingerprint density at radius 1 is 1.08 bits per heavy atom. The molecular weight excluding hydrogens is 398 g/mol.